The number of piperidine rings is 1. The molecule has 5 heteroatoms. The number of carbonyl (C=O) groups is 1. The van der Waals surface area contributed by atoms with Gasteiger partial charge < -0.3 is 10.2 Å². The molecule has 0 radical (unpaired) electrons. The third kappa shape index (κ3) is 4.35. The minimum atomic E-state index is -0.0426. The summed E-state index contributed by atoms with van der Waals surface area (Å²) in [4.78, 5) is 23.9. The molecule has 1 aliphatic heterocycles. The normalized spacial score (nSPS) is 17.4. The van der Waals surface area contributed by atoms with Crippen LogP contribution in [0.4, 0.5) is 11.6 Å². The van der Waals surface area contributed by atoms with E-state index in [-0.39, 0.29) is 11.8 Å². The minimum absolute atomic E-state index is 0.0426. The number of rotatable bonds is 3. The maximum absolute atomic E-state index is 12.7. The average molecular weight is 338 g/mol. The van der Waals surface area contributed by atoms with Crippen LogP contribution in [0.1, 0.15) is 35.4 Å². The maximum atomic E-state index is 12.7. The van der Waals surface area contributed by atoms with Crippen molar-refractivity contribution >= 4 is 17.5 Å². The molecular formula is C20H26N4O. The summed E-state index contributed by atoms with van der Waals surface area (Å²) < 4.78 is 0. The number of anilines is 2. The summed E-state index contributed by atoms with van der Waals surface area (Å²) in [5.41, 5.74) is 5.12. The van der Waals surface area contributed by atoms with Crippen molar-refractivity contribution < 1.29 is 4.79 Å². The molecule has 1 aliphatic rings. The van der Waals surface area contributed by atoms with Crippen molar-refractivity contribution in [3.8, 4) is 0 Å². The van der Waals surface area contributed by atoms with Gasteiger partial charge >= 0.3 is 0 Å². The Labute approximate surface area is 149 Å². The van der Waals surface area contributed by atoms with Gasteiger partial charge in [-0.15, -0.1) is 0 Å². The van der Waals surface area contributed by atoms with Crippen LogP contribution in [0.5, 0.6) is 0 Å². The molecule has 1 fully saturated rings. The predicted molar refractivity (Wildman–Crippen MR) is 101 cm³/mol. The van der Waals surface area contributed by atoms with E-state index >= 15 is 0 Å². The Balaban J connectivity index is 1.71. The molecule has 0 spiro atoms. The molecule has 0 unspecified atom stereocenters. The third-order valence-corrected chi connectivity index (χ3v) is 4.53. The van der Waals surface area contributed by atoms with Gasteiger partial charge in [-0.1, -0.05) is 6.07 Å². The van der Waals surface area contributed by atoms with Crippen LogP contribution >= 0.6 is 0 Å². The van der Waals surface area contributed by atoms with Crippen molar-refractivity contribution in [2.45, 2.75) is 40.5 Å². The number of nitrogens with one attached hydrogen (secondary N) is 1. The van der Waals surface area contributed by atoms with E-state index in [1.165, 1.54) is 0 Å². The van der Waals surface area contributed by atoms with Crippen LogP contribution in [0.2, 0.25) is 0 Å². The summed E-state index contributed by atoms with van der Waals surface area (Å²) in [7, 11) is 0. The van der Waals surface area contributed by atoms with Crippen molar-refractivity contribution in [3.05, 3.63) is 46.8 Å². The zero-order chi connectivity index (χ0) is 18.0. The number of hydrogen-bond donors (Lipinski definition) is 1. The van der Waals surface area contributed by atoms with E-state index in [9.17, 15) is 4.79 Å². The monoisotopic (exact) mass is 338 g/mol. The molecule has 3 rings (SSSR count). The average Bonchev–Trinajstić information content (AvgIpc) is 2.53. The minimum Gasteiger partial charge on any atom is -0.340 e. The van der Waals surface area contributed by atoms with Gasteiger partial charge in [-0.2, -0.15) is 0 Å². The van der Waals surface area contributed by atoms with E-state index in [1.54, 1.807) is 0 Å². The van der Waals surface area contributed by atoms with Crippen LogP contribution in [-0.2, 0) is 4.79 Å². The van der Waals surface area contributed by atoms with Gasteiger partial charge in [0, 0.05) is 30.2 Å². The number of amides is 1. The Morgan fingerprint density at radius 3 is 2.32 bits per heavy atom. The summed E-state index contributed by atoms with van der Waals surface area (Å²) in [5, 5.41) is 3.08. The smallest absolute Gasteiger partial charge is 0.229 e. The zero-order valence-corrected chi connectivity index (χ0v) is 15.5. The first-order valence-electron chi connectivity index (χ1n) is 8.87. The van der Waals surface area contributed by atoms with E-state index in [2.05, 4.69) is 26.3 Å². The molecule has 0 bridgehead atoms. The standard InChI is InChI=1S/C20H26N4O/c1-13-8-14(2)10-18(9-13)23-19(25)17-6-5-7-24(12-17)20-21-15(3)11-16(4)22-20/h8-11,17H,5-7,12H2,1-4H3,(H,23,25)/t17-/m0/s1. The molecule has 1 aromatic carbocycles. The van der Waals surface area contributed by atoms with Gasteiger partial charge in [0.1, 0.15) is 0 Å². The molecule has 2 heterocycles. The molecule has 2 aromatic rings. The highest BCUT2D eigenvalue weighted by Gasteiger charge is 2.27. The molecule has 1 amide bonds. The second-order valence-corrected chi connectivity index (χ2v) is 7.10. The van der Waals surface area contributed by atoms with E-state index < -0.39 is 0 Å². The van der Waals surface area contributed by atoms with Gasteiger partial charge in [-0.25, -0.2) is 9.97 Å². The van der Waals surface area contributed by atoms with Gasteiger partial charge in [0.05, 0.1) is 5.92 Å². The number of aryl methyl sites for hydroxylation is 4. The summed E-state index contributed by atoms with van der Waals surface area (Å²) in [5.74, 6) is 0.777. The highest BCUT2D eigenvalue weighted by Crippen LogP contribution is 2.23. The van der Waals surface area contributed by atoms with E-state index in [4.69, 9.17) is 0 Å². The zero-order valence-electron chi connectivity index (χ0n) is 15.5. The highest BCUT2D eigenvalue weighted by atomic mass is 16.1. The fraction of sp³-hybridized carbons (Fsp3) is 0.450. The van der Waals surface area contributed by atoms with Crippen LogP contribution < -0.4 is 10.2 Å². The largest absolute Gasteiger partial charge is 0.340 e. The van der Waals surface area contributed by atoms with Crippen molar-refractivity contribution in [2.24, 2.45) is 5.92 Å². The lowest BCUT2D eigenvalue weighted by Gasteiger charge is -2.32. The second kappa shape index (κ2) is 7.21. The van der Waals surface area contributed by atoms with Crippen LogP contribution in [0.25, 0.3) is 0 Å². The Morgan fingerprint density at radius 2 is 1.68 bits per heavy atom. The van der Waals surface area contributed by atoms with Gasteiger partial charge in [0.15, 0.2) is 0 Å². The molecule has 25 heavy (non-hydrogen) atoms. The van der Waals surface area contributed by atoms with Gasteiger partial charge in [0.2, 0.25) is 11.9 Å². The second-order valence-electron chi connectivity index (χ2n) is 7.10. The predicted octanol–water partition coefficient (Wildman–Crippen LogP) is 3.57. The molecule has 1 aromatic heterocycles. The van der Waals surface area contributed by atoms with Crippen molar-refractivity contribution in [1.82, 2.24) is 9.97 Å². The number of nitrogens with zero attached hydrogens (tertiary/aromatic N) is 3. The van der Waals surface area contributed by atoms with Crippen LogP contribution in [0.15, 0.2) is 24.3 Å². The van der Waals surface area contributed by atoms with Crippen molar-refractivity contribution in [1.29, 1.82) is 0 Å². The van der Waals surface area contributed by atoms with E-state index in [1.807, 2.05) is 45.9 Å². The lowest BCUT2D eigenvalue weighted by Crippen LogP contribution is -2.41. The molecule has 1 saturated heterocycles. The molecule has 1 N–H and O–H groups in total. The summed E-state index contributed by atoms with van der Waals surface area (Å²) >= 11 is 0. The Hall–Kier alpha value is -2.43. The number of benzene rings is 1. The molecular weight excluding hydrogens is 312 g/mol. The topological polar surface area (TPSA) is 58.1 Å². The van der Waals surface area contributed by atoms with Gasteiger partial charge in [0.25, 0.3) is 0 Å². The van der Waals surface area contributed by atoms with Crippen LogP contribution in [-0.4, -0.2) is 29.0 Å². The van der Waals surface area contributed by atoms with Gasteiger partial charge in [-0.3, -0.25) is 4.79 Å². The first kappa shape index (κ1) is 17.4. The van der Waals surface area contributed by atoms with Crippen LogP contribution in [0.3, 0.4) is 0 Å². The first-order chi connectivity index (χ1) is 11.9. The number of hydrogen-bond acceptors (Lipinski definition) is 4. The highest BCUT2D eigenvalue weighted by molar-refractivity contribution is 5.93. The molecule has 0 saturated carbocycles. The van der Waals surface area contributed by atoms with E-state index in [0.717, 1.165) is 53.5 Å². The Bertz CT molecular complexity index is 747. The van der Waals surface area contributed by atoms with Crippen molar-refractivity contribution in [3.63, 3.8) is 0 Å². The lowest BCUT2D eigenvalue weighted by molar-refractivity contribution is -0.120. The first-order valence-corrected chi connectivity index (χ1v) is 8.87. The molecule has 132 valence electrons. The quantitative estimate of drug-likeness (QED) is 0.929. The maximum Gasteiger partial charge on any atom is 0.229 e. The molecule has 1 atom stereocenters. The summed E-state index contributed by atoms with van der Waals surface area (Å²) in [6, 6.07) is 8.10. The molecule has 5 nitrogen and oxygen atoms in total. The SMILES string of the molecule is Cc1cc(C)cc(NC(=O)[C@H]2CCCN(c3nc(C)cc(C)n3)C2)c1. The summed E-state index contributed by atoms with van der Waals surface area (Å²) in [6.45, 7) is 9.61. The summed E-state index contributed by atoms with van der Waals surface area (Å²) in [6.07, 6.45) is 1.87. The fourth-order valence-electron chi connectivity index (χ4n) is 3.51. The third-order valence-electron chi connectivity index (χ3n) is 4.53. The van der Waals surface area contributed by atoms with Gasteiger partial charge in [-0.05, 0) is 69.9 Å². The lowest BCUT2D eigenvalue weighted by atomic mass is 9.97. The number of carbonyl (C=O) groups excluding carboxylic acids is 1. The van der Waals surface area contributed by atoms with Crippen LogP contribution in [0, 0.1) is 33.6 Å². The van der Waals surface area contributed by atoms with Crippen molar-refractivity contribution in [2.75, 3.05) is 23.3 Å². The number of aromatic nitrogens is 2. The molecule has 0 aliphatic carbocycles. The Morgan fingerprint density at radius 1 is 1.04 bits per heavy atom. The van der Waals surface area contributed by atoms with E-state index in [0.29, 0.717) is 6.54 Å². The fourth-order valence-corrected chi connectivity index (χ4v) is 3.51. The Kier molecular flexibility index (Phi) is 5.02.